The fourth-order valence-corrected chi connectivity index (χ4v) is 3.26. The van der Waals surface area contributed by atoms with Gasteiger partial charge in [-0.1, -0.05) is 24.3 Å². The van der Waals surface area contributed by atoms with E-state index in [9.17, 15) is 5.11 Å². The normalized spacial score (nSPS) is 18.8. The maximum absolute atomic E-state index is 10.2. The van der Waals surface area contributed by atoms with Crippen molar-refractivity contribution in [3.8, 4) is 0 Å². The minimum Gasteiger partial charge on any atom is -0.468 e. The predicted octanol–water partition coefficient (Wildman–Crippen LogP) is 3.17. The average molecular weight is 315 g/mol. The molecular formula is C19H25NO3. The zero-order valence-corrected chi connectivity index (χ0v) is 13.6. The van der Waals surface area contributed by atoms with Crippen LogP contribution in [0, 0.1) is 0 Å². The Balaban J connectivity index is 1.47. The Labute approximate surface area is 137 Å². The Morgan fingerprint density at radius 3 is 3.00 bits per heavy atom. The van der Waals surface area contributed by atoms with Gasteiger partial charge in [-0.15, -0.1) is 0 Å². The number of fused-ring (bicyclic) bond motifs is 1. The molecule has 1 aromatic carbocycles. The minimum absolute atomic E-state index is 0.116. The molecule has 1 aromatic heterocycles. The summed E-state index contributed by atoms with van der Waals surface area (Å²) >= 11 is 0. The number of nitrogens with zero attached hydrogens (tertiary/aromatic N) is 1. The fraction of sp³-hybridized carbons (Fsp3) is 0.474. The lowest BCUT2D eigenvalue weighted by atomic mass is 9.89. The van der Waals surface area contributed by atoms with E-state index in [0.29, 0.717) is 19.7 Å². The molecule has 124 valence electrons. The van der Waals surface area contributed by atoms with Crippen molar-refractivity contribution < 1.29 is 14.3 Å². The van der Waals surface area contributed by atoms with Crippen LogP contribution in [0.4, 0.5) is 0 Å². The van der Waals surface area contributed by atoms with E-state index in [0.717, 1.165) is 25.0 Å². The van der Waals surface area contributed by atoms with Gasteiger partial charge in [0.05, 0.1) is 31.6 Å². The van der Waals surface area contributed by atoms with Crippen LogP contribution in [-0.4, -0.2) is 36.3 Å². The Kier molecular flexibility index (Phi) is 5.49. The number of aryl methyl sites for hydroxylation is 1. The van der Waals surface area contributed by atoms with Crippen LogP contribution in [0.15, 0.2) is 47.1 Å². The Hall–Kier alpha value is -1.62. The van der Waals surface area contributed by atoms with Crippen molar-refractivity contribution in [3.05, 3.63) is 59.5 Å². The van der Waals surface area contributed by atoms with Gasteiger partial charge in [-0.2, -0.15) is 0 Å². The molecule has 0 aliphatic heterocycles. The fourth-order valence-electron chi connectivity index (χ4n) is 3.26. The van der Waals surface area contributed by atoms with Crippen LogP contribution in [0.2, 0.25) is 0 Å². The van der Waals surface area contributed by atoms with Gasteiger partial charge < -0.3 is 14.3 Å². The summed E-state index contributed by atoms with van der Waals surface area (Å²) in [5.41, 5.74) is 2.67. The van der Waals surface area contributed by atoms with Crippen LogP contribution in [0.25, 0.3) is 0 Å². The molecule has 0 radical (unpaired) electrons. The number of aliphatic hydroxyl groups excluding tert-OH is 1. The van der Waals surface area contributed by atoms with Crippen molar-refractivity contribution >= 4 is 0 Å². The molecular weight excluding hydrogens is 290 g/mol. The Morgan fingerprint density at radius 1 is 1.30 bits per heavy atom. The lowest BCUT2D eigenvalue weighted by molar-refractivity contribution is -0.0269. The summed E-state index contributed by atoms with van der Waals surface area (Å²) in [6.07, 6.45) is 4.60. The Bertz CT molecular complexity index is 596. The van der Waals surface area contributed by atoms with Crippen LogP contribution in [0.3, 0.4) is 0 Å². The highest BCUT2D eigenvalue weighted by Gasteiger charge is 2.21. The number of rotatable bonds is 7. The predicted molar refractivity (Wildman–Crippen MR) is 89.1 cm³/mol. The topological polar surface area (TPSA) is 45.8 Å². The van der Waals surface area contributed by atoms with Gasteiger partial charge in [0.15, 0.2) is 0 Å². The van der Waals surface area contributed by atoms with Gasteiger partial charge in [0, 0.05) is 6.54 Å². The molecule has 0 saturated heterocycles. The molecule has 3 rings (SSSR count). The van der Waals surface area contributed by atoms with E-state index < -0.39 is 6.10 Å². The molecule has 0 spiro atoms. The van der Waals surface area contributed by atoms with Gasteiger partial charge in [0.1, 0.15) is 5.76 Å². The van der Waals surface area contributed by atoms with Crippen molar-refractivity contribution in [1.82, 2.24) is 4.90 Å². The van der Waals surface area contributed by atoms with Crippen LogP contribution in [0.5, 0.6) is 0 Å². The van der Waals surface area contributed by atoms with E-state index in [4.69, 9.17) is 9.15 Å². The number of ether oxygens (including phenoxy) is 1. The van der Waals surface area contributed by atoms with Crippen molar-refractivity contribution in [2.24, 2.45) is 0 Å². The first-order valence-corrected chi connectivity index (χ1v) is 8.31. The molecule has 2 atom stereocenters. The van der Waals surface area contributed by atoms with E-state index in [-0.39, 0.29) is 6.10 Å². The summed E-state index contributed by atoms with van der Waals surface area (Å²) in [5.74, 6) is 0.904. The first-order chi connectivity index (χ1) is 11.2. The standard InChI is InChI=1S/C19H25NO3/c1-20(13-17-8-5-11-22-17)12-16(21)14-23-19-10-4-7-15-6-2-3-9-18(15)19/h2-3,5-6,8-9,11,16,19,21H,4,7,10,12-14H2,1H3/t16-,19-/m0/s1. The van der Waals surface area contributed by atoms with E-state index in [1.54, 1.807) is 6.26 Å². The number of aliphatic hydroxyl groups is 1. The summed E-state index contributed by atoms with van der Waals surface area (Å²) < 4.78 is 11.3. The van der Waals surface area contributed by atoms with Crippen molar-refractivity contribution in [2.45, 2.75) is 38.0 Å². The van der Waals surface area contributed by atoms with E-state index in [1.165, 1.54) is 11.1 Å². The van der Waals surface area contributed by atoms with Crippen LogP contribution in [-0.2, 0) is 17.7 Å². The minimum atomic E-state index is -0.496. The van der Waals surface area contributed by atoms with E-state index >= 15 is 0 Å². The highest BCUT2D eigenvalue weighted by Crippen LogP contribution is 2.32. The quantitative estimate of drug-likeness (QED) is 0.852. The van der Waals surface area contributed by atoms with E-state index in [2.05, 4.69) is 24.3 Å². The average Bonchev–Trinajstić information content (AvgIpc) is 3.05. The summed E-state index contributed by atoms with van der Waals surface area (Å²) in [6, 6.07) is 12.3. The van der Waals surface area contributed by atoms with Crippen LogP contribution < -0.4 is 0 Å². The molecule has 23 heavy (non-hydrogen) atoms. The third-order valence-corrected chi connectivity index (χ3v) is 4.33. The summed E-state index contributed by atoms with van der Waals surface area (Å²) in [7, 11) is 1.97. The summed E-state index contributed by atoms with van der Waals surface area (Å²) in [4.78, 5) is 2.04. The molecule has 1 aliphatic carbocycles. The van der Waals surface area contributed by atoms with Crippen molar-refractivity contribution in [2.75, 3.05) is 20.2 Å². The molecule has 0 unspecified atom stereocenters. The maximum atomic E-state index is 10.2. The smallest absolute Gasteiger partial charge is 0.117 e. The molecule has 1 N–H and O–H groups in total. The molecule has 1 heterocycles. The van der Waals surface area contributed by atoms with Gasteiger partial charge in [0.25, 0.3) is 0 Å². The molecule has 0 amide bonds. The third-order valence-electron chi connectivity index (χ3n) is 4.33. The second kappa shape index (κ2) is 7.77. The second-order valence-corrected chi connectivity index (χ2v) is 6.34. The zero-order chi connectivity index (χ0) is 16.1. The summed E-state index contributed by atoms with van der Waals surface area (Å²) in [6.45, 7) is 1.62. The first-order valence-electron chi connectivity index (χ1n) is 8.31. The van der Waals surface area contributed by atoms with Gasteiger partial charge in [-0.05, 0) is 49.6 Å². The highest BCUT2D eigenvalue weighted by molar-refractivity contribution is 5.31. The van der Waals surface area contributed by atoms with Gasteiger partial charge in [0.2, 0.25) is 0 Å². The van der Waals surface area contributed by atoms with Gasteiger partial charge >= 0.3 is 0 Å². The molecule has 4 nitrogen and oxygen atoms in total. The van der Waals surface area contributed by atoms with Crippen LogP contribution in [0.1, 0.15) is 35.8 Å². The highest BCUT2D eigenvalue weighted by atomic mass is 16.5. The van der Waals surface area contributed by atoms with Crippen molar-refractivity contribution in [1.29, 1.82) is 0 Å². The van der Waals surface area contributed by atoms with E-state index in [1.807, 2.05) is 24.1 Å². The molecule has 1 aliphatic rings. The number of benzene rings is 1. The summed E-state index contributed by atoms with van der Waals surface area (Å²) in [5, 5.41) is 10.2. The van der Waals surface area contributed by atoms with Gasteiger partial charge in [-0.3, -0.25) is 4.90 Å². The lowest BCUT2D eigenvalue weighted by Gasteiger charge is -2.27. The monoisotopic (exact) mass is 315 g/mol. The second-order valence-electron chi connectivity index (χ2n) is 6.34. The molecule has 0 bridgehead atoms. The Morgan fingerprint density at radius 2 is 2.17 bits per heavy atom. The number of likely N-dealkylation sites (N-methyl/N-ethyl adjacent to an activating group) is 1. The van der Waals surface area contributed by atoms with Crippen LogP contribution >= 0.6 is 0 Å². The number of hydrogen-bond donors (Lipinski definition) is 1. The lowest BCUT2D eigenvalue weighted by Crippen LogP contribution is -2.32. The van der Waals surface area contributed by atoms with Gasteiger partial charge in [-0.25, -0.2) is 0 Å². The molecule has 0 saturated carbocycles. The third kappa shape index (κ3) is 4.44. The number of hydrogen-bond acceptors (Lipinski definition) is 4. The largest absolute Gasteiger partial charge is 0.468 e. The first kappa shape index (κ1) is 16.2. The van der Waals surface area contributed by atoms with Crippen molar-refractivity contribution in [3.63, 3.8) is 0 Å². The maximum Gasteiger partial charge on any atom is 0.117 e. The molecule has 0 fully saturated rings. The zero-order valence-electron chi connectivity index (χ0n) is 13.6. The molecule has 2 aromatic rings. The SMILES string of the molecule is CN(Cc1ccco1)C[C@H](O)CO[C@H]1CCCc2ccccc21. The molecule has 4 heteroatoms. The number of furan rings is 1.